The molecule has 10 heteroatoms. The largest absolute Gasteiger partial charge is 0.433 e. The summed E-state index contributed by atoms with van der Waals surface area (Å²) in [7, 11) is 1.62. The number of carbonyl (C=O) groups excluding carboxylic acids is 1. The van der Waals surface area contributed by atoms with E-state index < -0.39 is 11.9 Å². The number of alkyl halides is 3. The summed E-state index contributed by atoms with van der Waals surface area (Å²) >= 11 is 0. The lowest BCUT2D eigenvalue weighted by Gasteiger charge is -2.18. The first-order valence-electron chi connectivity index (χ1n) is 8.32. The first kappa shape index (κ1) is 19.5. The normalized spacial score (nSPS) is 11.5. The molecule has 3 aromatic rings. The highest BCUT2D eigenvalue weighted by molar-refractivity contribution is 5.89. The van der Waals surface area contributed by atoms with Crippen LogP contribution in [0, 0.1) is 13.8 Å². The summed E-state index contributed by atoms with van der Waals surface area (Å²) in [4.78, 5) is 13.8. The molecule has 2 amide bonds. The molecule has 0 aliphatic rings. The number of halogens is 3. The Labute approximate surface area is 158 Å². The monoisotopic (exact) mass is 393 g/mol. The van der Waals surface area contributed by atoms with Crippen LogP contribution in [0.25, 0.3) is 5.69 Å². The molecule has 2 heterocycles. The second-order valence-electron chi connectivity index (χ2n) is 6.26. The van der Waals surface area contributed by atoms with Crippen molar-refractivity contribution in [2.75, 3.05) is 12.4 Å². The standard InChI is InChI=1S/C18H18F3N5O2/c1-11-15(12(2)28-24-11)10-25(3)17(27)23-13-4-6-14(7-5-13)26-16(8-9-22-26)18(19,20)21/h4-9H,10H2,1-3H3,(H,23,27). The molecule has 3 rings (SSSR count). The SMILES string of the molecule is Cc1noc(C)c1CN(C)C(=O)Nc1ccc(-n2nccc2C(F)(F)F)cc1. The minimum atomic E-state index is -4.51. The summed E-state index contributed by atoms with van der Waals surface area (Å²) in [5.41, 5.74) is 1.34. The Balaban J connectivity index is 1.69. The number of aryl methyl sites for hydroxylation is 2. The fraction of sp³-hybridized carbons (Fsp3) is 0.278. The predicted octanol–water partition coefficient (Wildman–Crippen LogP) is 4.16. The molecule has 0 unspecified atom stereocenters. The molecule has 0 spiro atoms. The van der Waals surface area contributed by atoms with Gasteiger partial charge in [0, 0.05) is 18.3 Å². The number of urea groups is 1. The van der Waals surface area contributed by atoms with Gasteiger partial charge in [-0.05, 0) is 44.2 Å². The average molecular weight is 393 g/mol. The number of carbonyl (C=O) groups is 1. The van der Waals surface area contributed by atoms with Gasteiger partial charge in [0.15, 0.2) is 0 Å². The fourth-order valence-electron chi connectivity index (χ4n) is 2.67. The Kier molecular flexibility index (Phi) is 5.12. The molecular formula is C18H18F3N5O2. The highest BCUT2D eigenvalue weighted by Gasteiger charge is 2.35. The first-order valence-corrected chi connectivity index (χ1v) is 8.32. The Bertz CT molecular complexity index is 957. The van der Waals surface area contributed by atoms with Crippen LogP contribution < -0.4 is 5.32 Å². The van der Waals surface area contributed by atoms with Gasteiger partial charge in [-0.2, -0.15) is 18.3 Å². The summed E-state index contributed by atoms with van der Waals surface area (Å²) in [5.74, 6) is 0.640. The van der Waals surface area contributed by atoms with Gasteiger partial charge in [0.1, 0.15) is 11.5 Å². The molecule has 1 N–H and O–H groups in total. The minimum Gasteiger partial charge on any atom is -0.361 e. The van der Waals surface area contributed by atoms with E-state index in [-0.39, 0.29) is 11.7 Å². The Morgan fingerprint density at radius 2 is 1.89 bits per heavy atom. The van der Waals surface area contributed by atoms with Crippen LogP contribution in [-0.4, -0.2) is 32.9 Å². The van der Waals surface area contributed by atoms with Crippen LogP contribution >= 0.6 is 0 Å². The molecule has 0 radical (unpaired) electrons. The number of rotatable bonds is 4. The maximum atomic E-state index is 13.0. The lowest BCUT2D eigenvalue weighted by atomic mass is 10.2. The molecule has 0 aliphatic heterocycles. The van der Waals surface area contributed by atoms with Crippen LogP contribution in [0.4, 0.5) is 23.7 Å². The van der Waals surface area contributed by atoms with Gasteiger partial charge in [-0.1, -0.05) is 5.16 Å². The molecule has 0 saturated carbocycles. The summed E-state index contributed by atoms with van der Waals surface area (Å²) in [6.07, 6.45) is -3.42. The maximum Gasteiger partial charge on any atom is 0.433 e. The zero-order valence-corrected chi connectivity index (χ0v) is 15.4. The fourth-order valence-corrected chi connectivity index (χ4v) is 2.67. The van der Waals surface area contributed by atoms with Gasteiger partial charge in [-0.3, -0.25) is 0 Å². The molecule has 1 aromatic carbocycles. The molecule has 0 atom stereocenters. The van der Waals surface area contributed by atoms with E-state index in [0.29, 0.717) is 23.7 Å². The van der Waals surface area contributed by atoms with Crippen molar-refractivity contribution in [3.05, 3.63) is 59.2 Å². The summed E-state index contributed by atoms with van der Waals surface area (Å²) in [6.45, 7) is 3.87. The second kappa shape index (κ2) is 7.37. The first-order chi connectivity index (χ1) is 13.2. The smallest absolute Gasteiger partial charge is 0.361 e. The number of aromatic nitrogens is 3. The van der Waals surface area contributed by atoms with Crippen molar-refractivity contribution in [3.8, 4) is 5.69 Å². The third-order valence-corrected chi connectivity index (χ3v) is 4.22. The van der Waals surface area contributed by atoms with Gasteiger partial charge in [0.2, 0.25) is 0 Å². The van der Waals surface area contributed by atoms with Crippen LogP contribution in [0.1, 0.15) is 22.7 Å². The number of hydrogen-bond donors (Lipinski definition) is 1. The van der Waals surface area contributed by atoms with Crippen molar-refractivity contribution in [1.82, 2.24) is 19.8 Å². The molecule has 28 heavy (non-hydrogen) atoms. The third-order valence-electron chi connectivity index (χ3n) is 4.22. The number of benzene rings is 1. The lowest BCUT2D eigenvalue weighted by molar-refractivity contribution is -0.142. The van der Waals surface area contributed by atoms with E-state index >= 15 is 0 Å². The van der Waals surface area contributed by atoms with Gasteiger partial charge in [-0.25, -0.2) is 9.48 Å². The Morgan fingerprint density at radius 1 is 1.21 bits per heavy atom. The van der Waals surface area contributed by atoms with Crippen LogP contribution in [0.5, 0.6) is 0 Å². The topological polar surface area (TPSA) is 76.2 Å². The average Bonchev–Trinajstić information content (AvgIpc) is 3.25. The Hall–Kier alpha value is -3.30. The summed E-state index contributed by atoms with van der Waals surface area (Å²) < 4.78 is 44.8. The minimum absolute atomic E-state index is 0.236. The molecule has 148 valence electrons. The van der Waals surface area contributed by atoms with E-state index in [1.807, 2.05) is 0 Å². The molecule has 2 aromatic heterocycles. The van der Waals surface area contributed by atoms with Crippen molar-refractivity contribution < 1.29 is 22.5 Å². The number of amides is 2. The molecule has 0 aliphatic carbocycles. The van der Waals surface area contributed by atoms with E-state index in [0.717, 1.165) is 22.5 Å². The maximum absolute atomic E-state index is 13.0. The molecular weight excluding hydrogens is 375 g/mol. The van der Waals surface area contributed by atoms with Gasteiger partial charge < -0.3 is 14.7 Å². The quantitative estimate of drug-likeness (QED) is 0.722. The van der Waals surface area contributed by atoms with Crippen LogP contribution in [0.2, 0.25) is 0 Å². The zero-order valence-electron chi connectivity index (χ0n) is 15.4. The number of anilines is 1. The third kappa shape index (κ3) is 4.00. The lowest BCUT2D eigenvalue weighted by Crippen LogP contribution is -2.31. The number of nitrogens with zero attached hydrogens (tertiary/aromatic N) is 4. The molecule has 0 bridgehead atoms. The molecule has 7 nitrogen and oxygen atoms in total. The summed E-state index contributed by atoms with van der Waals surface area (Å²) in [6, 6.07) is 6.46. The van der Waals surface area contributed by atoms with E-state index in [1.54, 1.807) is 20.9 Å². The zero-order chi connectivity index (χ0) is 20.5. The highest BCUT2D eigenvalue weighted by atomic mass is 19.4. The van der Waals surface area contributed by atoms with Crippen molar-refractivity contribution in [1.29, 1.82) is 0 Å². The van der Waals surface area contributed by atoms with E-state index in [4.69, 9.17) is 4.52 Å². The van der Waals surface area contributed by atoms with Crippen molar-refractivity contribution >= 4 is 11.7 Å². The predicted molar refractivity (Wildman–Crippen MR) is 95.0 cm³/mol. The molecule has 0 saturated heterocycles. The number of nitrogens with one attached hydrogen (secondary N) is 1. The van der Waals surface area contributed by atoms with Gasteiger partial charge in [-0.15, -0.1) is 0 Å². The van der Waals surface area contributed by atoms with Gasteiger partial charge in [0.25, 0.3) is 0 Å². The number of hydrogen-bond acceptors (Lipinski definition) is 4. The van der Waals surface area contributed by atoms with Crippen LogP contribution in [0.15, 0.2) is 41.1 Å². The van der Waals surface area contributed by atoms with E-state index in [9.17, 15) is 18.0 Å². The van der Waals surface area contributed by atoms with Crippen molar-refractivity contribution in [2.45, 2.75) is 26.6 Å². The van der Waals surface area contributed by atoms with Gasteiger partial charge in [0.05, 0.1) is 24.1 Å². The summed E-state index contributed by atoms with van der Waals surface area (Å²) in [5, 5.41) is 10.3. The van der Waals surface area contributed by atoms with E-state index in [2.05, 4.69) is 15.6 Å². The second-order valence-corrected chi connectivity index (χ2v) is 6.26. The van der Waals surface area contributed by atoms with Crippen LogP contribution in [-0.2, 0) is 12.7 Å². The van der Waals surface area contributed by atoms with Crippen LogP contribution in [0.3, 0.4) is 0 Å². The van der Waals surface area contributed by atoms with E-state index in [1.165, 1.54) is 29.2 Å². The Morgan fingerprint density at radius 3 is 2.46 bits per heavy atom. The van der Waals surface area contributed by atoms with Crippen molar-refractivity contribution in [2.24, 2.45) is 0 Å². The van der Waals surface area contributed by atoms with Gasteiger partial charge >= 0.3 is 12.2 Å². The molecule has 0 fully saturated rings. The van der Waals surface area contributed by atoms with Crippen molar-refractivity contribution in [3.63, 3.8) is 0 Å². The highest BCUT2D eigenvalue weighted by Crippen LogP contribution is 2.30.